The minimum Gasteiger partial charge on any atom is -0.339 e. The van der Waals surface area contributed by atoms with Gasteiger partial charge in [-0.1, -0.05) is 42.5 Å². The van der Waals surface area contributed by atoms with Gasteiger partial charge in [-0.3, -0.25) is 14.6 Å². The van der Waals surface area contributed by atoms with E-state index in [4.69, 9.17) is 0 Å². The molecule has 1 saturated heterocycles. The highest BCUT2D eigenvalue weighted by atomic mass is 16.2. The fourth-order valence-electron chi connectivity index (χ4n) is 4.45. The minimum absolute atomic E-state index is 0.0652. The summed E-state index contributed by atoms with van der Waals surface area (Å²) in [6.07, 6.45) is 11.0. The molecule has 2 heterocycles. The van der Waals surface area contributed by atoms with Gasteiger partial charge in [0.05, 0.1) is 0 Å². The molecule has 0 unspecified atom stereocenters. The van der Waals surface area contributed by atoms with Gasteiger partial charge in [-0.05, 0) is 48.4 Å². The summed E-state index contributed by atoms with van der Waals surface area (Å²) in [5.41, 5.74) is 3.23. The first kappa shape index (κ1) is 20.3. The van der Waals surface area contributed by atoms with Crippen molar-refractivity contribution in [3.63, 3.8) is 0 Å². The molecule has 0 saturated carbocycles. The Kier molecular flexibility index (Phi) is 6.26. The van der Waals surface area contributed by atoms with Crippen LogP contribution in [0.4, 0.5) is 0 Å². The zero-order chi connectivity index (χ0) is 20.9. The first-order chi connectivity index (χ1) is 14.7. The van der Waals surface area contributed by atoms with Crippen molar-refractivity contribution in [1.82, 2.24) is 14.8 Å². The highest BCUT2D eigenvalue weighted by Crippen LogP contribution is 2.25. The average molecular weight is 404 g/mol. The van der Waals surface area contributed by atoms with Crippen LogP contribution in [0.1, 0.15) is 31.7 Å². The van der Waals surface area contributed by atoms with Crippen LogP contribution in [-0.2, 0) is 16.0 Å². The quantitative estimate of drug-likeness (QED) is 0.691. The van der Waals surface area contributed by atoms with Gasteiger partial charge in [0, 0.05) is 44.9 Å². The van der Waals surface area contributed by atoms with Gasteiger partial charge in [-0.15, -0.1) is 0 Å². The Hall–Kier alpha value is -2.95. The Morgan fingerprint density at radius 1 is 1.13 bits per heavy atom. The molecule has 2 aromatic rings. The van der Waals surface area contributed by atoms with Crippen molar-refractivity contribution in [3.05, 3.63) is 66.5 Å². The molecule has 4 rings (SSSR count). The highest BCUT2D eigenvalue weighted by molar-refractivity contribution is 5.89. The molecule has 0 N–H and O–H groups in total. The standard InChI is InChI=1S/C25H29N3O2/c1-2-27-14-15-28(24(29)17-19-6-3-4-7-19)23(25(27)30)16-20-9-11-21(12-10-20)22-8-5-13-26-18-22/h3,5-6,8-13,18-19,23H,2,4,7,14-17H2,1H3/t19-,23-/m1/s1. The van der Waals surface area contributed by atoms with Crippen LogP contribution in [0.3, 0.4) is 0 Å². The van der Waals surface area contributed by atoms with Crippen molar-refractivity contribution in [2.45, 2.75) is 38.6 Å². The number of hydrogen-bond donors (Lipinski definition) is 0. The molecule has 1 fully saturated rings. The minimum atomic E-state index is -0.416. The number of hydrogen-bond acceptors (Lipinski definition) is 3. The van der Waals surface area contributed by atoms with Gasteiger partial charge in [0.15, 0.2) is 0 Å². The summed E-state index contributed by atoms with van der Waals surface area (Å²) in [5.74, 6) is 0.485. The topological polar surface area (TPSA) is 53.5 Å². The molecule has 0 bridgehead atoms. The molecule has 5 nitrogen and oxygen atoms in total. The number of piperazine rings is 1. The van der Waals surface area contributed by atoms with E-state index in [1.807, 2.05) is 35.1 Å². The Bertz CT molecular complexity index is 908. The molecular weight excluding hydrogens is 374 g/mol. The summed E-state index contributed by atoms with van der Waals surface area (Å²) in [4.78, 5) is 34.0. The van der Waals surface area contributed by atoms with E-state index in [0.717, 1.165) is 29.5 Å². The zero-order valence-corrected chi connectivity index (χ0v) is 17.5. The molecule has 1 aromatic carbocycles. The number of carbonyl (C=O) groups is 2. The number of pyridine rings is 1. The second kappa shape index (κ2) is 9.24. The Labute approximate surface area is 178 Å². The summed E-state index contributed by atoms with van der Waals surface area (Å²) in [6, 6.07) is 11.8. The lowest BCUT2D eigenvalue weighted by Gasteiger charge is -2.40. The predicted molar refractivity (Wildman–Crippen MR) is 118 cm³/mol. The SMILES string of the molecule is CCN1CCN(C(=O)C[C@@H]2C=CCC2)[C@H](Cc2ccc(-c3cccnc3)cc2)C1=O. The van der Waals surface area contributed by atoms with Gasteiger partial charge < -0.3 is 9.80 Å². The third-order valence-electron chi connectivity index (χ3n) is 6.21. The third-order valence-corrected chi connectivity index (χ3v) is 6.21. The van der Waals surface area contributed by atoms with Crippen LogP contribution in [0.2, 0.25) is 0 Å². The molecule has 156 valence electrons. The molecule has 2 atom stereocenters. The molecular formula is C25H29N3O2. The number of likely N-dealkylation sites (N-methyl/N-ethyl adjacent to an activating group) is 1. The van der Waals surface area contributed by atoms with E-state index in [0.29, 0.717) is 38.4 Å². The number of rotatable bonds is 6. The molecule has 5 heteroatoms. The highest BCUT2D eigenvalue weighted by Gasteiger charge is 2.37. The number of nitrogens with zero attached hydrogens (tertiary/aromatic N) is 3. The van der Waals surface area contributed by atoms with Crippen molar-refractivity contribution in [2.24, 2.45) is 5.92 Å². The lowest BCUT2D eigenvalue weighted by Crippen LogP contribution is -2.59. The second-order valence-electron chi connectivity index (χ2n) is 8.13. The van der Waals surface area contributed by atoms with E-state index in [1.165, 1.54) is 0 Å². The Morgan fingerprint density at radius 2 is 1.97 bits per heavy atom. The molecule has 0 spiro atoms. The van der Waals surface area contributed by atoms with Crippen molar-refractivity contribution in [2.75, 3.05) is 19.6 Å². The van der Waals surface area contributed by atoms with Crippen LogP contribution >= 0.6 is 0 Å². The summed E-state index contributed by atoms with van der Waals surface area (Å²) in [7, 11) is 0. The third kappa shape index (κ3) is 4.45. The average Bonchev–Trinajstić information content (AvgIpc) is 3.29. The van der Waals surface area contributed by atoms with Crippen LogP contribution in [0.15, 0.2) is 60.9 Å². The molecule has 1 aliphatic carbocycles. The van der Waals surface area contributed by atoms with Crippen molar-refractivity contribution >= 4 is 11.8 Å². The zero-order valence-electron chi connectivity index (χ0n) is 17.5. The van der Waals surface area contributed by atoms with E-state index >= 15 is 0 Å². The van der Waals surface area contributed by atoms with E-state index in [-0.39, 0.29) is 11.8 Å². The molecule has 0 radical (unpaired) electrons. The van der Waals surface area contributed by atoms with Crippen LogP contribution in [0.25, 0.3) is 11.1 Å². The maximum atomic E-state index is 13.1. The summed E-state index contributed by atoms with van der Waals surface area (Å²) >= 11 is 0. The monoisotopic (exact) mass is 403 g/mol. The van der Waals surface area contributed by atoms with Crippen LogP contribution in [0, 0.1) is 5.92 Å². The van der Waals surface area contributed by atoms with Gasteiger partial charge in [0.25, 0.3) is 0 Å². The molecule has 30 heavy (non-hydrogen) atoms. The van der Waals surface area contributed by atoms with Gasteiger partial charge in [0.1, 0.15) is 6.04 Å². The summed E-state index contributed by atoms with van der Waals surface area (Å²) < 4.78 is 0. The molecule has 2 aliphatic rings. The normalized spacial score (nSPS) is 21.3. The predicted octanol–water partition coefficient (Wildman–Crippen LogP) is 3.71. The van der Waals surface area contributed by atoms with Crippen molar-refractivity contribution in [3.8, 4) is 11.1 Å². The fraction of sp³-hybridized carbons (Fsp3) is 0.400. The van der Waals surface area contributed by atoms with Gasteiger partial charge >= 0.3 is 0 Å². The van der Waals surface area contributed by atoms with Crippen LogP contribution in [-0.4, -0.2) is 52.3 Å². The Morgan fingerprint density at radius 3 is 2.63 bits per heavy atom. The summed E-state index contributed by atoms with van der Waals surface area (Å²) in [5, 5.41) is 0. The van der Waals surface area contributed by atoms with Gasteiger partial charge in [-0.25, -0.2) is 0 Å². The lowest BCUT2D eigenvalue weighted by molar-refractivity contribution is -0.151. The van der Waals surface area contributed by atoms with Crippen LogP contribution < -0.4 is 0 Å². The second-order valence-corrected chi connectivity index (χ2v) is 8.13. The largest absolute Gasteiger partial charge is 0.339 e. The summed E-state index contributed by atoms with van der Waals surface area (Å²) in [6.45, 7) is 3.92. The maximum Gasteiger partial charge on any atom is 0.245 e. The smallest absolute Gasteiger partial charge is 0.245 e. The first-order valence-corrected chi connectivity index (χ1v) is 10.9. The van der Waals surface area contributed by atoms with E-state index in [1.54, 1.807) is 6.20 Å². The maximum absolute atomic E-state index is 13.1. The molecule has 1 aromatic heterocycles. The van der Waals surface area contributed by atoms with Gasteiger partial charge in [0.2, 0.25) is 11.8 Å². The Balaban J connectivity index is 1.50. The number of amides is 2. The fourth-order valence-corrected chi connectivity index (χ4v) is 4.45. The number of allylic oxidation sites excluding steroid dienone is 2. The first-order valence-electron chi connectivity index (χ1n) is 10.9. The molecule has 1 aliphatic heterocycles. The molecule has 2 amide bonds. The van der Waals surface area contributed by atoms with Crippen molar-refractivity contribution < 1.29 is 9.59 Å². The van der Waals surface area contributed by atoms with Crippen LogP contribution in [0.5, 0.6) is 0 Å². The number of aromatic nitrogens is 1. The van der Waals surface area contributed by atoms with Gasteiger partial charge in [-0.2, -0.15) is 0 Å². The number of benzene rings is 1. The number of carbonyl (C=O) groups excluding carboxylic acids is 2. The van der Waals surface area contributed by atoms with E-state index in [2.05, 4.69) is 41.4 Å². The van der Waals surface area contributed by atoms with Crippen molar-refractivity contribution in [1.29, 1.82) is 0 Å². The van der Waals surface area contributed by atoms with E-state index in [9.17, 15) is 9.59 Å². The lowest BCUT2D eigenvalue weighted by atomic mass is 9.97. The van der Waals surface area contributed by atoms with E-state index < -0.39 is 6.04 Å².